The van der Waals surface area contributed by atoms with E-state index in [1.54, 1.807) is 0 Å². The van der Waals surface area contributed by atoms with Gasteiger partial charge in [-0.2, -0.15) is 0 Å². The van der Waals surface area contributed by atoms with Crippen LogP contribution in [-0.4, -0.2) is 17.0 Å². The van der Waals surface area contributed by atoms with E-state index in [1.807, 2.05) is 13.1 Å². The van der Waals surface area contributed by atoms with Crippen molar-refractivity contribution < 1.29 is 0 Å². The van der Waals surface area contributed by atoms with E-state index in [0.717, 1.165) is 36.6 Å². The molecule has 0 bridgehead atoms. The first kappa shape index (κ1) is 12.2. The second-order valence-corrected chi connectivity index (χ2v) is 5.00. The molecule has 0 spiro atoms. The summed E-state index contributed by atoms with van der Waals surface area (Å²) in [5, 5.41) is 3.14. The van der Waals surface area contributed by atoms with Gasteiger partial charge in [-0.15, -0.1) is 0 Å². The monoisotopic (exact) mass is 253 g/mol. The third-order valence-electron chi connectivity index (χ3n) is 3.86. The summed E-state index contributed by atoms with van der Waals surface area (Å²) in [5.74, 6) is 2.25. The molecule has 0 radical (unpaired) electrons. The minimum atomic E-state index is 0.356. The first-order chi connectivity index (χ1) is 9.31. The van der Waals surface area contributed by atoms with E-state index in [2.05, 4.69) is 41.5 Å². The van der Waals surface area contributed by atoms with Crippen molar-refractivity contribution in [1.82, 2.24) is 9.97 Å². The number of anilines is 1. The maximum Gasteiger partial charge on any atom is 0.138 e. The Morgan fingerprint density at radius 3 is 2.89 bits per heavy atom. The van der Waals surface area contributed by atoms with E-state index in [-0.39, 0.29) is 0 Å². The van der Waals surface area contributed by atoms with E-state index < -0.39 is 0 Å². The minimum Gasteiger partial charge on any atom is -0.373 e. The van der Waals surface area contributed by atoms with Crippen LogP contribution in [0, 0.1) is 0 Å². The predicted molar refractivity (Wildman–Crippen MR) is 77.6 cm³/mol. The Kier molecular flexibility index (Phi) is 3.20. The van der Waals surface area contributed by atoms with Crippen LogP contribution < -0.4 is 5.32 Å². The standard InChI is InChI=1S/C16H19N3/c1-3-12-10-15(17-2)19-16(18-12)14-9-8-11-6-4-5-7-13(11)14/h4-7,10,14H,3,8-9H2,1-2H3,(H,17,18,19). The number of aryl methyl sites for hydroxylation is 2. The Hall–Kier alpha value is -1.90. The summed E-state index contributed by atoms with van der Waals surface area (Å²) in [6.45, 7) is 2.13. The van der Waals surface area contributed by atoms with E-state index in [1.165, 1.54) is 11.1 Å². The Morgan fingerprint density at radius 2 is 2.11 bits per heavy atom. The van der Waals surface area contributed by atoms with Gasteiger partial charge in [0.15, 0.2) is 0 Å². The number of nitrogens with one attached hydrogen (secondary N) is 1. The first-order valence-corrected chi connectivity index (χ1v) is 6.95. The predicted octanol–water partition coefficient (Wildman–Crippen LogP) is 3.16. The molecule has 1 atom stereocenters. The maximum atomic E-state index is 4.73. The highest BCUT2D eigenvalue weighted by atomic mass is 15.0. The third kappa shape index (κ3) is 2.21. The van der Waals surface area contributed by atoms with Gasteiger partial charge >= 0.3 is 0 Å². The fourth-order valence-electron chi connectivity index (χ4n) is 2.81. The van der Waals surface area contributed by atoms with Crippen molar-refractivity contribution in [1.29, 1.82) is 0 Å². The topological polar surface area (TPSA) is 37.8 Å². The van der Waals surface area contributed by atoms with Crippen molar-refractivity contribution in [2.45, 2.75) is 32.1 Å². The summed E-state index contributed by atoms with van der Waals surface area (Å²) in [5.41, 5.74) is 3.96. The molecule has 0 fully saturated rings. The molecule has 0 aliphatic heterocycles. The number of aromatic nitrogens is 2. The Morgan fingerprint density at radius 1 is 1.26 bits per heavy atom. The zero-order chi connectivity index (χ0) is 13.2. The van der Waals surface area contributed by atoms with E-state index in [0.29, 0.717) is 5.92 Å². The van der Waals surface area contributed by atoms with Crippen molar-refractivity contribution in [3.8, 4) is 0 Å². The number of hydrogen-bond donors (Lipinski definition) is 1. The zero-order valence-electron chi connectivity index (χ0n) is 11.5. The van der Waals surface area contributed by atoms with Crippen LogP contribution in [0.5, 0.6) is 0 Å². The average Bonchev–Trinajstić information content (AvgIpc) is 2.90. The highest BCUT2D eigenvalue weighted by molar-refractivity contribution is 5.42. The van der Waals surface area contributed by atoms with Crippen LogP contribution in [0.2, 0.25) is 0 Å². The molecule has 0 amide bonds. The molecule has 3 heteroatoms. The molecule has 1 aliphatic carbocycles. The molecular formula is C16H19N3. The summed E-state index contributed by atoms with van der Waals surface area (Å²) in [7, 11) is 1.91. The maximum absolute atomic E-state index is 4.73. The summed E-state index contributed by atoms with van der Waals surface area (Å²) in [6, 6.07) is 10.7. The lowest BCUT2D eigenvalue weighted by Gasteiger charge is -2.13. The second kappa shape index (κ2) is 5.00. The van der Waals surface area contributed by atoms with Gasteiger partial charge in [-0.3, -0.25) is 0 Å². The minimum absolute atomic E-state index is 0.356. The van der Waals surface area contributed by atoms with Gasteiger partial charge in [-0.1, -0.05) is 31.2 Å². The van der Waals surface area contributed by atoms with E-state index in [9.17, 15) is 0 Å². The Balaban J connectivity index is 2.04. The summed E-state index contributed by atoms with van der Waals surface area (Å²) in [6.07, 6.45) is 3.20. The van der Waals surface area contributed by atoms with Gasteiger partial charge in [-0.25, -0.2) is 9.97 Å². The molecule has 1 aliphatic rings. The molecule has 2 aromatic rings. The van der Waals surface area contributed by atoms with Crippen molar-refractivity contribution >= 4 is 5.82 Å². The first-order valence-electron chi connectivity index (χ1n) is 6.95. The lowest BCUT2D eigenvalue weighted by molar-refractivity contribution is 0.720. The highest BCUT2D eigenvalue weighted by Gasteiger charge is 2.26. The molecule has 3 rings (SSSR count). The number of rotatable bonds is 3. The van der Waals surface area contributed by atoms with E-state index >= 15 is 0 Å². The summed E-state index contributed by atoms with van der Waals surface area (Å²) >= 11 is 0. The molecule has 0 saturated carbocycles. The molecule has 1 aromatic carbocycles. The molecule has 1 unspecified atom stereocenters. The quantitative estimate of drug-likeness (QED) is 0.913. The van der Waals surface area contributed by atoms with Crippen LogP contribution in [0.25, 0.3) is 0 Å². The summed E-state index contributed by atoms with van der Waals surface area (Å²) < 4.78 is 0. The average molecular weight is 253 g/mol. The smallest absolute Gasteiger partial charge is 0.138 e. The zero-order valence-corrected chi connectivity index (χ0v) is 11.5. The SMILES string of the molecule is CCc1cc(NC)nc(C2CCc3ccccc32)n1. The molecular weight excluding hydrogens is 234 g/mol. The molecule has 19 heavy (non-hydrogen) atoms. The van der Waals surface area contributed by atoms with Crippen molar-refractivity contribution in [2.75, 3.05) is 12.4 Å². The fourth-order valence-corrected chi connectivity index (χ4v) is 2.81. The second-order valence-electron chi connectivity index (χ2n) is 5.00. The van der Waals surface area contributed by atoms with Gasteiger partial charge in [0.25, 0.3) is 0 Å². The van der Waals surface area contributed by atoms with Crippen LogP contribution in [0.15, 0.2) is 30.3 Å². The van der Waals surface area contributed by atoms with Gasteiger partial charge in [0.1, 0.15) is 11.6 Å². The molecule has 3 nitrogen and oxygen atoms in total. The molecule has 0 saturated heterocycles. The number of fused-ring (bicyclic) bond motifs is 1. The fraction of sp³-hybridized carbons (Fsp3) is 0.375. The van der Waals surface area contributed by atoms with Crippen molar-refractivity contribution in [2.24, 2.45) is 0 Å². The number of nitrogens with zero attached hydrogens (tertiary/aromatic N) is 2. The van der Waals surface area contributed by atoms with Crippen LogP contribution >= 0.6 is 0 Å². The van der Waals surface area contributed by atoms with E-state index in [4.69, 9.17) is 4.98 Å². The Labute approximate surface area is 114 Å². The van der Waals surface area contributed by atoms with Crippen LogP contribution in [0.4, 0.5) is 5.82 Å². The highest BCUT2D eigenvalue weighted by Crippen LogP contribution is 2.36. The molecule has 1 N–H and O–H groups in total. The van der Waals surface area contributed by atoms with Gasteiger partial charge in [0.05, 0.1) is 0 Å². The number of hydrogen-bond acceptors (Lipinski definition) is 3. The van der Waals surface area contributed by atoms with Crippen LogP contribution in [-0.2, 0) is 12.8 Å². The summed E-state index contributed by atoms with van der Waals surface area (Å²) in [4.78, 5) is 9.39. The van der Waals surface area contributed by atoms with Gasteiger partial charge < -0.3 is 5.32 Å². The van der Waals surface area contributed by atoms with Crippen LogP contribution in [0.1, 0.15) is 41.9 Å². The van der Waals surface area contributed by atoms with Crippen LogP contribution in [0.3, 0.4) is 0 Å². The Bertz CT molecular complexity index is 570. The van der Waals surface area contributed by atoms with Gasteiger partial charge in [0, 0.05) is 24.7 Å². The van der Waals surface area contributed by atoms with Gasteiger partial charge in [-0.05, 0) is 30.4 Å². The van der Waals surface area contributed by atoms with Gasteiger partial charge in [0.2, 0.25) is 0 Å². The number of benzene rings is 1. The lowest BCUT2D eigenvalue weighted by Crippen LogP contribution is -2.07. The lowest BCUT2D eigenvalue weighted by atomic mass is 10.0. The molecule has 98 valence electrons. The normalized spacial score (nSPS) is 17.3. The molecule has 1 aromatic heterocycles. The molecule has 1 heterocycles. The largest absolute Gasteiger partial charge is 0.373 e. The van der Waals surface area contributed by atoms with Crippen molar-refractivity contribution in [3.63, 3.8) is 0 Å². The van der Waals surface area contributed by atoms with Crippen molar-refractivity contribution in [3.05, 3.63) is 53.0 Å². The third-order valence-corrected chi connectivity index (χ3v) is 3.86.